The molecule has 0 saturated carbocycles. The third-order valence-corrected chi connectivity index (χ3v) is 7.07. The average molecular weight is 435 g/mol. The normalized spacial score (nSPS) is 13.8. The first-order chi connectivity index (χ1) is 13.9. The van der Waals surface area contributed by atoms with Gasteiger partial charge in [-0.3, -0.25) is 0 Å². The van der Waals surface area contributed by atoms with Crippen LogP contribution in [0.3, 0.4) is 0 Å². The lowest BCUT2D eigenvalue weighted by Crippen LogP contribution is -2.14. The largest absolute Gasteiger partial charge is 0.478 e. The van der Waals surface area contributed by atoms with Crippen LogP contribution in [0.4, 0.5) is 0 Å². The fourth-order valence-corrected chi connectivity index (χ4v) is 4.68. The monoisotopic (exact) mass is 435 g/mol. The van der Waals surface area contributed by atoms with Crippen LogP contribution in [0.15, 0.2) is 44.9 Å². The van der Waals surface area contributed by atoms with Gasteiger partial charge in [-0.2, -0.15) is 0 Å². The fourth-order valence-electron chi connectivity index (χ4n) is 2.98. The molecule has 4 rings (SSSR count). The molecule has 10 heteroatoms. The van der Waals surface area contributed by atoms with Crippen LogP contribution in [-0.4, -0.2) is 37.0 Å². The molecule has 0 bridgehead atoms. The number of carboxylic acid groups (broad SMARTS) is 1. The second-order valence-electron chi connectivity index (χ2n) is 6.34. The van der Waals surface area contributed by atoms with E-state index in [1.807, 2.05) is 0 Å². The SMILES string of the molecule is CCS(=O)(=O)c1ccc2oc(SCc3cc(C(=O)O)cc4c3OCOC4)nc2c1. The third kappa shape index (κ3) is 3.96. The van der Waals surface area contributed by atoms with E-state index in [0.717, 1.165) is 0 Å². The van der Waals surface area contributed by atoms with Gasteiger partial charge in [0, 0.05) is 16.9 Å². The molecule has 0 spiro atoms. The molecule has 152 valence electrons. The molecule has 0 amide bonds. The number of carbonyl (C=O) groups is 1. The number of carboxylic acids is 1. The Morgan fingerprint density at radius 1 is 1.28 bits per heavy atom. The van der Waals surface area contributed by atoms with Gasteiger partial charge < -0.3 is 19.0 Å². The molecule has 3 aromatic rings. The van der Waals surface area contributed by atoms with Crippen molar-refractivity contribution in [3.63, 3.8) is 0 Å². The second kappa shape index (κ2) is 7.69. The molecule has 29 heavy (non-hydrogen) atoms. The molecule has 0 radical (unpaired) electrons. The second-order valence-corrected chi connectivity index (χ2v) is 9.55. The lowest BCUT2D eigenvalue weighted by molar-refractivity contribution is -0.0169. The van der Waals surface area contributed by atoms with Crippen molar-refractivity contribution >= 4 is 38.7 Å². The van der Waals surface area contributed by atoms with Gasteiger partial charge >= 0.3 is 5.97 Å². The molecule has 0 saturated heterocycles. The standard InChI is InChI=1S/C19H17NO7S2/c1-2-29(23,24)14-3-4-16-15(7-14)20-19(27-16)28-9-13-6-11(18(21)22)5-12-8-25-10-26-17(12)13/h3-7H,2,8-10H2,1H3,(H,21,22). The summed E-state index contributed by atoms with van der Waals surface area (Å²) in [4.78, 5) is 16.0. The van der Waals surface area contributed by atoms with Gasteiger partial charge in [0.15, 0.2) is 22.2 Å². The Balaban J connectivity index is 1.61. The number of hydrogen-bond acceptors (Lipinski definition) is 8. The zero-order chi connectivity index (χ0) is 20.6. The number of benzene rings is 2. The zero-order valence-electron chi connectivity index (χ0n) is 15.4. The van der Waals surface area contributed by atoms with E-state index >= 15 is 0 Å². The number of aromatic nitrogens is 1. The summed E-state index contributed by atoms with van der Waals surface area (Å²) in [6, 6.07) is 7.69. The van der Waals surface area contributed by atoms with Crippen molar-refractivity contribution in [2.24, 2.45) is 0 Å². The molecule has 8 nitrogen and oxygen atoms in total. The molecule has 1 aliphatic rings. The Morgan fingerprint density at radius 2 is 2.10 bits per heavy atom. The van der Waals surface area contributed by atoms with Gasteiger partial charge in [-0.25, -0.2) is 18.2 Å². The van der Waals surface area contributed by atoms with Crippen molar-refractivity contribution < 1.29 is 32.2 Å². The number of ether oxygens (including phenoxy) is 2. The molecular weight excluding hydrogens is 418 g/mol. The van der Waals surface area contributed by atoms with Crippen LogP contribution in [-0.2, 0) is 26.9 Å². The number of aromatic carboxylic acids is 1. The van der Waals surface area contributed by atoms with Crippen LogP contribution >= 0.6 is 11.8 Å². The predicted molar refractivity (Wildman–Crippen MR) is 105 cm³/mol. The zero-order valence-corrected chi connectivity index (χ0v) is 17.0. The summed E-state index contributed by atoms with van der Waals surface area (Å²) >= 11 is 1.27. The number of rotatable bonds is 6. The van der Waals surface area contributed by atoms with Crippen LogP contribution in [0, 0.1) is 0 Å². The van der Waals surface area contributed by atoms with Gasteiger partial charge in [0.1, 0.15) is 11.3 Å². The minimum Gasteiger partial charge on any atom is -0.478 e. The number of hydrogen-bond donors (Lipinski definition) is 1. The molecule has 0 aliphatic carbocycles. The van der Waals surface area contributed by atoms with E-state index < -0.39 is 15.8 Å². The van der Waals surface area contributed by atoms with Crippen LogP contribution < -0.4 is 4.74 Å². The summed E-state index contributed by atoms with van der Waals surface area (Å²) in [6.45, 7) is 1.98. The van der Waals surface area contributed by atoms with Crippen molar-refractivity contribution in [3.05, 3.63) is 47.0 Å². The van der Waals surface area contributed by atoms with E-state index in [1.54, 1.807) is 25.1 Å². The summed E-state index contributed by atoms with van der Waals surface area (Å²) in [5.74, 6) is -0.0411. The van der Waals surface area contributed by atoms with Gasteiger partial charge in [-0.05, 0) is 30.3 Å². The molecular formula is C19H17NO7S2. The van der Waals surface area contributed by atoms with Crippen molar-refractivity contribution in [3.8, 4) is 5.75 Å². The molecule has 0 atom stereocenters. The lowest BCUT2D eigenvalue weighted by atomic mass is 10.0. The van der Waals surface area contributed by atoms with Crippen LogP contribution in [0.5, 0.6) is 5.75 Å². The number of thioether (sulfide) groups is 1. The summed E-state index contributed by atoms with van der Waals surface area (Å²) in [6.07, 6.45) is 0. The molecule has 1 aromatic heterocycles. The Hall–Kier alpha value is -2.56. The number of nitrogens with zero attached hydrogens (tertiary/aromatic N) is 1. The Labute approximate surface area is 170 Å². The Kier molecular flexibility index (Phi) is 5.24. The minimum absolute atomic E-state index is 0.00665. The predicted octanol–water partition coefficient (Wildman–Crippen LogP) is 3.48. The third-order valence-electron chi connectivity index (χ3n) is 4.46. The number of sulfone groups is 1. The minimum atomic E-state index is -3.33. The first kappa shape index (κ1) is 19.7. The topological polar surface area (TPSA) is 116 Å². The highest BCUT2D eigenvalue weighted by molar-refractivity contribution is 7.98. The summed E-state index contributed by atoms with van der Waals surface area (Å²) in [7, 11) is -3.33. The molecule has 0 fully saturated rings. The highest BCUT2D eigenvalue weighted by atomic mass is 32.2. The summed E-state index contributed by atoms with van der Waals surface area (Å²) in [5.41, 5.74) is 2.46. The average Bonchev–Trinajstić information content (AvgIpc) is 3.13. The van der Waals surface area contributed by atoms with Crippen LogP contribution in [0.25, 0.3) is 11.1 Å². The van der Waals surface area contributed by atoms with Gasteiger partial charge in [-0.15, -0.1) is 0 Å². The van der Waals surface area contributed by atoms with Gasteiger partial charge in [-0.1, -0.05) is 18.7 Å². The summed E-state index contributed by atoms with van der Waals surface area (Å²) in [5, 5.41) is 9.69. The van der Waals surface area contributed by atoms with Crippen LogP contribution in [0.1, 0.15) is 28.4 Å². The van der Waals surface area contributed by atoms with E-state index in [0.29, 0.717) is 39.0 Å². The highest BCUT2D eigenvalue weighted by Crippen LogP contribution is 2.35. The molecule has 0 unspecified atom stereocenters. The van der Waals surface area contributed by atoms with Crippen molar-refractivity contribution in [1.29, 1.82) is 0 Å². The van der Waals surface area contributed by atoms with Gasteiger partial charge in [0.2, 0.25) is 0 Å². The first-order valence-electron chi connectivity index (χ1n) is 8.73. The Bertz CT molecular complexity index is 1200. The van der Waals surface area contributed by atoms with Crippen molar-refractivity contribution in [1.82, 2.24) is 4.98 Å². The maximum atomic E-state index is 12.0. The lowest BCUT2D eigenvalue weighted by Gasteiger charge is -2.21. The maximum absolute atomic E-state index is 12.0. The van der Waals surface area contributed by atoms with E-state index in [2.05, 4.69) is 4.98 Å². The number of fused-ring (bicyclic) bond motifs is 2. The highest BCUT2D eigenvalue weighted by Gasteiger charge is 2.20. The molecule has 1 N–H and O–H groups in total. The van der Waals surface area contributed by atoms with E-state index in [9.17, 15) is 18.3 Å². The van der Waals surface area contributed by atoms with E-state index in [1.165, 1.54) is 23.9 Å². The molecule has 2 aromatic carbocycles. The van der Waals surface area contributed by atoms with Crippen molar-refractivity contribution in [2.45, 2.75) is 29.4 Å². The summed E-state index contributed by atoms with van der Waals surface area (Å²) < 4.78 is 40.6. The van der Waals surface area contributed by atoms with Crippen LogP contribution in [0.2, 0.25) is 0 Å². The fraction of sp³-hybridized carbons (Fsp3) is 0.263. The maximum Gasteiger partial charge on any atom is 0.335 e. The van der Waals surface area contributed by atoms with Gasteiger partial charge in [0.05, 0.1) is 22.8 Å². The Morgan fingerprint density at radius 3 is 2.86 bits per heavy atom. The molecule has 2 heterocycles. The number of oxazole rings is 1. The van der Waals surface area contributed by atoms with Gasteiger partial charge in [0.25, 0.3) is 5.22 Å². The smallest absolute Gasteiger partial charge is 0.335 e. The first-order valence-corrected chi connectivity index (χ1v) is 11.4. The van der Waals surface area contributed by atoms with Crippen molar-refractivity contribution in [2.75, 3.05) is 12.5 Å². The van der Waals surface area contributed by atoms with E-state index in [4.69, 9.17) is 13.9 Å². The van der Waals surface area contributed by atoms with E-state index in [-0.39, 0.29) is 29.6 Å². The quantitative estimate of drug-likeness (QED) is 0.581. The molecule has 1 aliphatic heterocycles.